The largest absolute Gasteiger partial charge is 0.481 e. The van der Waals surface area contributed by atoms with Gasteiger partial charge in [0.15, 0.2) is 5.03 Å². The van der Waals surface area contributed by atoms with Crippen molar-refractivity contribution in [2.24, 2.45) is 0 Å². The third-order valence-electron chi connectivity index (χ3n) is 2.20. The second-order valence-corrected chi connectivity index (χ2v) is 5.34. The van der Waals surface area contributed by atoms with Gasteiger partial charge in [-0.3, -0.25) is 4.79 Å². The van der Waals surface area contributed by atoms with Crippen molar-refractivity contribution in [1.82, 2.24) is 14.7 Å². The van der Waals surface area contributed by atoms with Crippen LogP contribution in [0.25, 0.3) is 0 Å². The number of H-pyrrole nitrogens is 1. The highest BCUT2D eigenvalue weighted by atomic mass is 32.2. The first-order valence-electron chi connectivity index (χ1n) is 5.11. The maximum absolute atomic E-state index is 11.8. The van der Waals surface area contributed by atoms with Crippen LogP contribution in [0.4, 0.5) is 0 Å². The molecule has 0 aliphatic carbocycles. The second kappa shape index (κ2) is 5.28. The SMILES string of the molecule is CCC(CC(=O)O)NS(=O)(=O)c1cnc(C)[nH]1. The fourth-order valence-electron chi connectivity index (χ4n) is 1.30. The van der Waals surface area contributed by atoms with Crippen molar-refractivity contribution in [3.63, 3.8) is 0 Å². The average Bonchev–Trinajstić information content (AvgIpc) is 2.63. The number of nitrogens with one attached hydrogen (secondary N) is 2. The first kappa shape index (κ1) is 13.7. The van der Waals surface area contributed by atoms with E-state index < -0.39 is 22.0 Å². The highest BCUT2D eigenvalue weighted by Crippen LogP contribution is 2.08. The van der Waals surface area contributed by atoms with Crippen molar-refractivity contribution in [2.45, 2.75) is 37.8 Å². The van der Waals surface area contributed by atoms with E-state index in [1.54, 1.807) is 13.8 Å². The number of aromatic amines is 1. The molecule has 1 unspecified atom stereocenters. The lowest BCUT2D eigenvalue weighted by molar-refractivity contribution is -0.137. The van der Waals surface area contributed by atoms with Gasteiger partial charge in [0.05, 0.1) is 12.6 Å². The van der Waals surface area contributed by atoms with E-state index in [1.807, 2.05) is 0 Å². The van der Waals surface area contributed by atoms with Gasteiger partial charge in [-0.25, -0.2) is 18.1 Å². The number of rotatable bonds is 6. The van der Waals surface area contributed by atoms with Gasteiger partial charge in [0.25, 0.3) is 10.0 Å². The van der Waals surface area contributed by atoms with Crippen LogP contribution in [-0.2, 0) is 14.8 Å². The zero-order valence-electron chi connectivity index (χ0n) is 9.60. The van der Waals surface area contributed by atoms with Crippen molar-refractivity contribution in [3.8, 4) is 0 Å². The molecular weight excluding hydrogens is 246 g/mol. The fourth-order valence-corrected chi connectivity index (χ4v) is 2.59. The lowest BCUT2D eigenvalue weighted by Gasteiger charge is -2.13. The van der Waals surface area contributed by atoms with E-state index >= 15 is 0 Å². The van der Waals surface area contributed by atoms with Crippen molar-refractivity contribution < 1.29 is 18.3 Å². The van der Waals surface area contributed by atoms with Gasteiger partial charge in [0.2, 0.25) is 0 Å². The number of aromatic nitrogens is 2. The lowest BCUT2D eigenvalue weighted by Crippen LogP contribution is -2.36. The molecule has 1 atom stereocenters. The number of hydrogen-bond acceptors (Lipinski definition) is 4. The number of carboxylic acid groups (broad SMARTS) is 1. The summed E-state index contributed by atoms with van der Waals surface area (Å²) in [5.74, 6) is -0.558. The Bertz CT molecular complexity index is 494. The van der Waals surface area contributed by atoms with Crippen LogP contribution >= 0.6 is 0 Å². The van der Waals surface area contributed by atoms with Crippen molar-refractivity contribution in [3.05, 3.63) is 12.0 Å². The number of aliphatic carboxylic acids is 1. The molecular formula is C9H15N3O4S. The zero-order valence-corrected chi connectivity index (χ0v) is 10.4. The molecule has 0 bridgehead atoms. The molecule has 3 N–H and O–H groups in total. The summed E-state index contributed by atoms with van der Waals surface area (Å²) in [6.45, 7) is 3.35. The van der Waals surface area contributed by atoms with Crippen molar-refractivity contribution >= 4 is 16.0 Å². The predicted molar refractivity (Wildman–Crippen MR) is 60.0 cm³/mol. The number of carbonyl (C=O) groups is 1. The van der Waals surface area contributed by atoms with Gasteiger partial charge in [0, 0.05) is 6.04 Å². The highest BCUT2D eigenvalue weighted by molar-refractivity contribution is 7.89. The van der Waals surface area contributed by atoms with Crippen molar-refractivity contribution in [1.29, 1.82) is 0 Å². The van der Waals surface area contributed by atoms with E-state index in [0.29, 0.717) is 12.2 Å². The van der Waals surface area contributed by atoms with Crippen LogP contribution in [0.3, 0.4) is 0 Å². The third kappa shape index (κ3) is 3.82. The molecule has 0 radical (unpaired) electrons. The molecule has 8 heteroatoms. The molecule has 1 aromatic rings. The van der Waals surface area contributed by atoms with E-state index in [4.69, 9.17) is 5.11 Å². The molecule has 0 aliphatic rings. The molecule has 1 aromatic heterocycles. The monoisotopic (exact) mass is 261 g/mol. The van der Waals surface area contributed by atoms with Gasteiger partial charge >= 0.3 is 5.97 Å². The van der Waals surface area contributed by atoms with Gasteiger partial charge in [-0.2, -0.15) is 0 Å². The van der Waals surface area contributed by atoms with E-state index in [2.05, 4.69) is 14.7 Å². The Kier molecular flexibility index (Phi) is 4.24. The van der Waals surface area contributed by atoms with E-state index in [1.165, 1.54) is 6.20 Å². The zero-order chi connectivity index (χ0) is 13.1. The van der Waals surface area contributed by atoms with Crippen LogP contribution in [0.15, 0.2) is 11.2 Å². The predicted octanol–water partition coefficient (Wildman–Crippen LogP) is 0.250. The quantitative estimate of drug-likeness (QED) is 0.679. The lowest BCUT2D eigenvalue weighted by atomic mass is 10.2. The molecule has 7 nitrogen and oxygen atoms in total. The number of imidazole rings is 1. The minimum atomic E-state index is -3.73. The van der Waals surface area contributed by atoms with Crippen LogP contribution in [0.2, 0.25) is 0 Å². The molecule has 17 heavy (non-hydrogen) atoms. The van der Waals surface area contributed by atoms with Crippen LogP contribution < -0.4 is 4.72 Å². The van der Waals surface area contributed by atoms with Crippen LogP contribution in [0, 0.1) is 6.92 Å². The van der Waals surface area contributed by atoms with Crippen LogP contribution in [-0.4, -0.2) is 35.5 Å². The molecule has 96 valence electrons. The smallest absolute Gasteiger partial charge is 0.304 e. The Labute approximate surface area is 99.3 Å². The maximum Gasteiger partial charge on any atom is 0.304 e. The highest BCUT2D eigenvalue weighted by Gasteiger charge is 2.22. The van der Waals surface area contributed by atoms with Gasteiger partial charge in [-0.05, 0) is 13.3 Å². The Balaban J connectivity index is 2.81. The maximum atomic E-state index is 11.8. The summed E-state index contributed by atoms with van der Waals surface area (Å²) in [6, 6.07) is -0.624. The van der Waals surface area contributed by atoms with E-state index in [9.17, 15) is 13.2 Å². The number of carboxylic acids is 1. The van der Waals surface area contributed by atoms with Gasteiger partial charge < -0.3 is 10.1 Å². The number of hydrogen-bond donors (Lipinski definition) is 3. The molecule has 0 spiro atoms. The van der Waals surface area contributed by atoms with Gasteiger partial charge in [0.1, 0.15) is 5.82 Å². The molecule has 0 aliphatic heterocycles. The Morgan fingerprint density at radius 2 is 2.29 bits per heavy atom. The van der Waals surface area contributed by atoms with Crippen molar-refractivity contribution in [2.75, 3.05) is 0 Å². The van der Waals surface area contributed by atoms with E-state index in [-0.39, 0.29) is 11.4 Å². The minimum absolute atomic E-state index is 0.0566. The fraction of sp³-hybridized carbons (Fsp3) is 0.556. The molecule has 1 rings (SSSR count). The van der Waals surface area contributed by atoms with Crippen LogP contribution in [0.1, 0.15) is 25.6 Å². The molecule has 0 aromatic carbocycles. The Morgan fingerprint density at radius 1 is 1.65 bits per heavy atom. The summed E-state index contributed by atoms with van der Waals surface area (Å²) in [4.78, 5) is 16.9. The van der Waals surface area contributed by atoms with Gasteiger partial charge in [-0.1, -0.05) is 6.92 Å². The summed E-state index contributed by atoms with van der Waals surface area (Å²) in [6.07, 6.45) is 1.35. The minimum Gasteiger partial charge on any atom is -0.481 e. The first-order chi connectivity index (χ1) is 7.85. The molecule has 0 saturated carbocycles. The average molecular weight is 261 g/mol. The first-order valence-corrected chi connectivity index (χ1v) is 6.59. The normalized spacial score (nSPS) is 13.5. The number of aryl methyl sites for hydroxylation is 1. The standard InChI is InChI=1S/C9H15N3O4S/c1-3-7(4-9(13)14)12-17(15,16)8-5-10-6(2)11-8/h5,7,12H,3-4H2,1-2H3,(H,10,11)(H,13,14). The topological polar surface area (TPSA) is 112 Å². The molecule has 0 amide bonds. The summed E-state index contributed by atoms with van der Waals surface area (Å²) in [7, 11) is -3.73. The summed E-state index contributed by atoms with van der Waals surface area (Å²) >= 11 is 0. The summed E-state index contributed by atoms with van der Waals surface area (Å²) in [5.41, 5.74) is 0. The number of nitrogens with zero attached hydrogens (tertiary/aromatic N) is 1. The molecule has 0 saturated heterocycles. The van der Waals surface area contributed by atoms with E-state index in [0.717, 1.165) is 0 Å². The van der Waals surface area contributed by atoms with Crippen LogP contribution in [0.5, 0.6) is 0 Å². The Hall–Kier alpha value is -1.41. The Morgan fingerprint density at radius 3 is 2.71 bits per heavy atom. The third-order valence-corrected chi connectivity index (χ3v) is 3.63. The summed E-state index contributed by atoms with van der Waals surface area (Å²) < 4.78 is 26.0. The molecule has 1 heterocycles. The summed E-state index contributed by atoms with van der Waals surface area (Å²) in [5, 5.41) is 8.57. The number of sulfonamides is 1. The second-order valence-electron chi connectivity index (χ2n) is 3.66. The van der Waals surface area contributed by atoms with Gasteiger partial charge in [-0.15, -0.1) is 0 Å². The molecule has 0 fully saturated rings.